The van der Waals surface area contributed by atoms with Crippen LogP contribution in [0.5, 0.6) is 0 Å². The van der Waals surface area contributed by atoms with Crippen LogP contribution >= 0.6 is 0 Å². The molecule has 0 radical (unpaired) electrons. The lowest BCUT2D eigenvalue weighted by molar-refractivity contribution is -0.121. The Kier molecular flexibility index (Phi) is 3.00. The zero-order valence-corrected chi connectivity index (χ0v) is 8.87. The van der Waals surface area contributed by atoms with Crippen molar-refractivity contribution in [3.8, 4) is 0 Å². The first-order chi connectivity index (χ1) is 7.72. The van der Waals surface area contributed by atoms with Crippen molar-refractivity contribution in [2.24, 2.45) is 0 Å². The van der Waals surface area contributed by atoms with Gasteiger partial charge in [-0.05, 0) is 24.5 Å². The third-order valence-electron chi connectivity index (χ3n) is 3.04. The molecule has 1 aliphatic carbocycles. The van der Waals surface area contributed by atoms with Crippen molar-refractivity contribution in [1.82, 2.24) is 0 Å². The van der Waals surface area contributed by atoms with Crippen molar-refractivity contribution in [2.75, 3.05) is 0 Å². The standard InChI is InChI=1S/C13H12FNO/c1-15-9-6-7-10(12(14)8-9)11-4-2-3-5-13(11)16/h6-8,11H,2-5H2. The second kappa shape index (κ2) is 4.44. The number of benzene rings is 1. The maximum Gasteiger partial charge on any atom is 0.190 e. The number of carbonyl (C=O) groups excluding carboxylic acids is 1. The predicted octanol–water partition coefficient (Wildman–Crippen LogP) is 3.60. The minimum Gasteiger partial charge on any atom is -0.299 e. The third-order valence-corrected chi connectivity index (χ3v) is 3.04. The van der Waals surface area contributed by atoms with Crippen LogP contribution in [-0.2, 0) is 4.79 Å². The molecule has 0 N–H and O–H groups in total. The van der Waals surface area contributed by atoms with Gasteiger partial charge in [0, 0.05) is 12.3 Å². The van der Waals surface area contributed by atoms with Gasteiger partial charge in [-0.2, -0.15) is 0 Å². The highest BCUT2D eigenvalue weighted by Gasteiger charge is 2.26. The molecule has 2 rings (SSSR count). The number of carbonyl (C=O) groups is 1. The van der Waals surface area contributed by atoms with Gasteiger partial charge in [0.15, 0.2) is 5.69 Å². The molecule has 0 spiro atoms. The first-order valence-electron chi connectivity index (χ1n) is 5.42. The van der Waals surface area contributed by atoms with Crippen LogP contribution in [-0.4, -0.2) is 5.78 Å². The van der Waals surface area contributed by atoms with Crippen LogP contribution in [0.1, 0.15) is 37.2 Å². The van der Waals surface area contributed by atoms with Gasteiger partial charge in [0.25, 0.3) is 0 Å². The quantitative estimate of drug-likeness (QED) is 0.658. The maximum absolute atomic E-state index is 13.7. The minimum absolute atomic E-state index is 0.126. The van der Waals surface area contributed by atoms with Crippen molar-refractivity contribution in [2.45, 2.75) is 31.6 Å². The molecule has 16 heavy (non-hydrogen) atoms. The molecule has 2 nitrogen and oxygen atoms in total. The molecule has 0 aliphatic heterocycles. The summed E-state index contributed by atoms with van der Waals surface area (Å²) in [5.74, 6) is -0.594. The van der Waals surface area contributed by atoms with Crippen LogP contribution < -0.4 is 0 Å². The number of hydrogen-bond donors (Lipinski definition) is 0. The van der Waals surface area contributed by atoms with E-state index < -0.39 is 5.82 Å². The first kappa shape index (κ1) is 10.8. The number of nitrogens with zero attached hydrogens (tertiary/aromatic N) is 1. The molecule has 1 atom stereocenters. The molecule has 0 heterocycles. The summed E-state index contributed by atoms with van der Waals surface area (Å²) in [6, 6.07) is 4.37. The minimum atomic E-state index is -0.422. The SMILES string of the molecule is [C-]#[N+]c1ccc(C2CCCCC2=O)c(F)c1. The van der Waals surface area contributed by atoms with Crippen molar-refractivity contribution in [3.05, 3.63) is 41.0 Å². The summed E-state index contributed by atoms with van der Waals surface area (Å²) < 4.78 is 13.7. The summed E-state index contributed by atoms with van der Waals surface area (Å²) in [4.78, 5) is 14.8. The van der Waals surface area contributed by atoms with Crippen molar-refractivity contribution in [3.63, 3.8) is 0 Å². The summed E-state index contributed by atoms with van der Waals surface area (Å²) in [5, 5.41) is 0. The van der Waals surface area contributed by atoms with E-state index in [2.05, 4.69) is 4.85 Å². The van der Waals surface area contributed by atoms with Crippen molar-refractivity contribution < 1.29 is 9.18 Å². The number of ketones is 1. The number of rotatable bonds is 1. The molecule has 1 unspecified atom stereocenters. The molecule has 1 aromatic carbocycles. The smallest absolute Gasteiger partial charge is 0.190 e. The van der Waals surface area contributed by atoms with Gasteiger partial charge >= 0.3 is 0 Å². The Morgan fingerprint density at radius 1 is 1.38 bits per heavy atom. The molecule has 1 aromatic rings. The molecule has 1 saturated carbocycles. The lowest BCUT2D eigenvalue weighted by Gasteiger charge is -2.21. The maximum atomic E-state index is 13.7. The van der Waals surface area contributed by atoms with Gasteiger partial charge in [-0.3, -0.25) is 4.79 Å². The van der Waals surface area contributed by atoms with Crippen molar-refractivity contribution >= 4 is 11.5 Å². The number of Topliss-reactive ketones (excluding diaryl/α,β-unsaturated/α-hetero) is 1. The molecule has 3 heteroatoms. The Morgan fingerprint density at radius 3 is 2.81 bits per heavy atom. The zero-order chi connectivity index (χ0) is 11.5. The second-order valence-electron chi connectivity index (χ2n) is 4.08. The zero-order valence-electron chi connectivity index (χ0n) is 8.87. The van der Waals surface area contributed by atoms with Crippen LogP contribution in [0.2, 0.25) is 0 Å². The van der Waals surface area contributed by atoms with Crippen LogP contribution in [0, 0.1) is 12.4 Å². The Morgan fingerprint density at radius 2 is 2.19 bits per heavy atom. The van der Waals surface area contributed by atoms with E-state index in [0.717, 1.165) is 19.3 Å². The Balaban J connectivity index is 2.33. The van der Waals surface area contributed by atoms with E-state index in [1.165, 1.54) is 6.07 Å². The summed E-state index contributed by atoms with van der Waals surface area (Å²) in [6.45, 7) is 6.79. The van der Waals surface area contributed by atoms with Crippen molar-refractivity contribution in [1.29, 1.82) is 0 Å². The highest BCUT2D eigenvalue weighted by Crippen LogP contribution is 2.32. The molecular formula is C13H12FNO. The van der Waals surface area contributed by atoms with E-state index in [0.29, 0.717) is 12.0 Å². The fourth-order valence-corrected chi connectivity index (χ4v) is 2.18. The van der Waals surface area contributed by atoms with Gasteiger partial charge in [-0.25, -0.2) is 9.24 Å². The van der Waals surface area contributed by atoms with E-state index in [4.69, 9.17) is 6.57 Å². The molecule has 0 saturated heterocycles. The first-order valence-corrected chi connectivity index (χ1v) is 5.42. The Labute approximate surface area is 93.9 Å². The van der Waals surface area contributed by atoms with Crippen LogP contribution in [0.4, 0.5) is 10.1 Å². The molecule has 0 amide bonds. The van der Waals surface area contributed by atoms with E-state index in [1.807, 2.05) is 0 Å². The summed E-state index contributed by atoms with van der Waals surface area (Å²) >= 11 is 0. The van der Waals surface area contributed by atoms with Gasteiger partial charge in [0.2, 0.25) is 0 Å². The van der Waals surface area contributed by atoms with E-state index in [1.54, 1.807) is 12.1 Å². The fourth-order valence-electron chi connectivity index (χ4n) is 2.18. The van der Waals surface area contributed by atoms with Gasteiger partial charge in [-0.1, -0.05) is 18.6 Å². The van der Waals surface area contributed by atoms with Crippen LogP contribution in [0.3, 0.4) is 0 Å². The van der Waals surface area contributed by atoms with E-state index in [9.17, 15) is 9.18 Å². The number of hydrogen-bond acceptors (Lipinski definition) is 1. The predicted molar refractivity (Wildman–Crippen MR) is 58.9 cm³/mol. The van der Waals surface area contributed by atoms with E-state index >= 15 is 0 Å². The molecule has 1 fully saturated rings. The fraction of sp³-hybridized carbons (Fsp3) is 0.385. The van der Waals surface area contributed by atoms with Crippen LogP contribution in [0.25, 0.3) is 4.85 Å². The average molecular weight is 217 g/mol. The van der Waals surface area contributed by atoms with Gasteiger partial charge in [0.05, 0.1) is 6.57 Å². The topological polar surface area (TPSA) is 21.4 Å². The lowest BCUT2D eigenvalue weighted by atomic mass is 9.83. The average Bonchev–Trinajstić information content (AvgIpc) is 2.30. The van der Waals surface area contributed by atoms with Gasteiger partial charge < -0.3 is 0 Å². The second-order valence-corrected chi connectivity index (χ2v) is 4.08. The Bertz CT molecular complexity index is 461. The van der Waals surface area contributed by atoms with Gasteiger partial charge in [-0.15, -0.1) is 0 Å². The highest BCUT2D eigenvalue weighted by atomic mass is 19.1. The third kappa shape index (κ3) is 1.96. The molecule has 0 bridgehead atoms. The van der Waals surface area contributed by atoms with E-state index in [-0.39, 0.29) is 17.4 Å². The summed E-state index contributed by atoms with van der Waals surface area (Å²) in [7, 11) is 0. The molecule has 82 valence electrons. The van der Waals surface area contributed by atoms with Gasteiger partial charge in [0.1, 0.15) is 11.6 Å². The van der Waals surface area contributed by atoms with Crippen LogP contribution in [0.15, 0.2) is 18.2 Å². The Hall–Kier alpha value is -1.69. The summed E-state index contributed by atoms with van der Waals surface area (Å²) in [6.07, 6.45) is 3.17. The lowest BCUT2D eigenvalue weighted by Crippen LogP contribution is -2.18. The molecule has 1 aliphatic rings. The highest BCUT2D eigenvalue weighted by molar-refractivity contribution is 5.86. The molecular weight excluding hydrogens is 205 g/mol. The number of halogens is 1. The monoisotopic (exact) mass is 217 g/mol. The molecule has 0 aromatic heterocycles. The normalized spacial score (nSPS) is 20.5. The summed E-state index contributed by atoms with van der Waals surface area (Å²) in [5.41, 5.74) is 0.738. The largest absolute Gasteiger partial charge is 0.299 e.